The van der Waals surface area contributed by atoms with Gasteiger partial charge in [0.2, 0.25) is 0 Å². The molecule has 1 heterocycles. The van der Waals surface area contributed by atoms with Crippen molar-refractivity contribution in [1.29, 1.82) is 5.26 Å². The fourth-order valence-corrected chi connectivity index (χ4v) is 3.28. The second-order valence-electron chi connectivity index (χ2n) is 6.86. The number of nitrogens with zero attached hydrogens (tertiary/aromatic N) is 3. The summed E-state index contributed by atoms with van der Waals surface area (Å²) in [5, 5.41) is 9.42. The van der Waals surface area contributed by atoms with Gasteiger partial charge >= 0.3 is 5.97 Å². The van der Waals surface area contributed by atoms with E-state index in [4.69, 9.17) is 10.00 Å². The number of para-hydroxylation sites is 1. The van der Waals surface area contributed by atoms with Crippen molar-refractivity contribution in [1.82, 2.24) is 9.55 Å². The number of hydrogen-bond acceptors (Lipinski definition) is 5. The molecule has 0 amide bonds. The van der Waals surface area contributed by atoms with Crippen LogP contribution in [0.2, 0.25) is 0 Å². The van der Waals surface area contributed by atoms with Crippen molar-refractivity contribution >= 4 is 16.9 Å². The van der Waals surface area contributed by atoms with Gasteiger partial charge in [0.05, 0.1) is 33.8 Å². The Kier molecular flexibility index (Phi) is 5.29. The third kappa shape index (κ3) is 3.91. The standard InChI is InChI=1S/C24H16FN3O3/c1-15-27-22-5-3-2-4-20(22)23(29)28(15)19-9-7-17(8-10-19)24(30)31-14-18-12-16(13-26)6-11-21(18)25/h2-12H,14H2,1H3. The molecule has 0 aliphatic carbocycles. The van der Waals surface area contributed by atoms with E-state index in [1.807, 2.05) is 12.1 Å². The molecule has 0 fully saturated rings. The highest BCUT2D eigenvalue weighted by Gasteiger charge is 2.13. The monoisotopic (exact) mass is 413 g/mol. The summed E-state index contributed by atoms with van der Waals surface area (Å²) in [7, 11) is 0. The van der Waals surface area contributed by atoms with Crippen LogP contribution in [0, 0.1) is 24.1 Å². The van der Waals surface area contributed by atoms with Crippen LogP contribution in [0.3, 0.4) is 0 Å². The lowest BCUT2D eigenvalue weighted by Crippen LogP contribution is -2.22. The number of ether oxygens (including phenoxy) is 1. The van der Waals surface area contributed by atoms with Gasteiger partial charge in [-0.1, -0.05) is 12.1 Å². The maximum atomic E-state index is 13.8. The van der Waals surface area contributed by atoms with Crippen LogP contribution >= 0.6 is 0 Å². The van der Waals surface area contributed by atoms with Gasteiger partial charge in [-0.15, -0.1) is 0 Å². The van der Waals surface area contributed by atoms with E-state index in [9.17, 15) is 14.0 Å². The first kappa shape index (κ1) is 20.0. The molecule has 6 nitrogen and oxygen atoms in total. The van der Waals surface area contributed by atoms with Crippen LogP contribution in [0.5, 0.6) is 0 Å². The number of aryl methyl sites for hydroxylation is 1. The maximum Gasteiger partial charge on any atom is 0.338 e. The van der Waals surface area contributed by atoms with Crippen LogP contribution in [0.15, 0.2) is 71.5 Å². The number of carbonyl (C=O) groups excluding carboxylic acids is 1. The average Bonchev–Trinajstić information content (AvgIpc) is 2.79. The molecule has 31 heavy (non-hydrogen) atoms. The Bertz CT molecular complexity index is 1400. The van der Waals surface area contributed by atoms with Crippen molar-refractivity contribution in [3.63, 3.8) is 0 Å². The van der Waals surface area contributed by atoms with E-state index in [-0.39, 0.29) is 28.9 Å². The predicted octanol–water partition coefficient (Wildman–Crippen LogP) is 4.06. The first-order valence-electron chi connectivity index (χ1n) is 9.42. The highest BCUT2D eigenvalue weighted by Crippen LogP contribution is 2.16. The zero-order valence-corrected chi connectivity index (χ0v) is 16.5. The zero-order chi connectivity index (χ0) is 22.0. The Hall–Kier alpha value is -4.31. The van der Waals surface area contributed by atoms with Gasteiger partial charge in [0, 0.05) is 5.56 Å². The Morgan fingerprint density at radius 1 is 1.13 bits per heavy atom. The minimum absolute atomic E-state index is 0.119. The number of halogens is 1. The summed E-state index contributed by atoms with van der Waals surface area (Å²) in [5.74, 6) is -0.679. The third-order valence-electron chi connectivity index (χ3n) is 4.84. The summed E-state index contributed by atoms with van der Waals surface area (Å²) in [5.41, 5.74) is 1.63. The largest absolute Gasteiger partial charge is 0.457 e. The van der Waals surface area contributed by atoms with E-state index in [1.54, 1.807) is 37.3 Å². The smallest absolute Gasteiger partial charge is 0.338 e. The molecule has 0 saturated heterocycles. The molecule has 4 aromatic rings. The minimum Gasteiger partial charge on any atom is -0.457 e. The number of benzene rings is 3. The topological polar surface area (TPSA) is 85.0 Å². The molecule has 0 N–H and O–H groups in total. The van der Waals surface area contributed by atoms with Crippen LogP contribution in [0.25, 0.3) is 16.6 Å². The van der Waals surface area contributed by atoms with Crippen molar-refractivity contribution in [2.75, 3.05) is 0 Å². The van der Waals surface area contributed by atoms with Crippen LogP contribution < -0.4 is 5.56 Å². The summed E-state index contributed by atoms with van der Waals surface area (Å²) >= 11 is 0. The molecule has 0 saturated carbocycles. The van der Waals surface area contributed by atoms with Gasteiger partial charge in [-0.05, 0) is 61.5 Å². The van der Waals surface area contributed by atoms with Gasteiger partial charge in [0.15, 0.2) is 0 Å². The highest BCUT2D eigenvalue weighted by atomic mass is 19.1. The van der Waals surface area contributed by atoms with Crippen molar-refractivity contribution in [2.45, 2.75) is 13.5 Å². The lowest BCUT2D eigenvalue weighted by Gasteiger charge is -2.11. The Labute approximate surface area is 176 Å². The van der Waals surface area contributed by atoms with Crippen molar-refractivity contribution in [2.24, 2.45) is 0 Å². The molecule has 0 aliphatic rings. The van der Waals surface area contributed by atoms with E-state index < -0.39 is 11.8 Å². The van der Waals surface area contributed by atoms with Gasteiger partial charge in [0.25, 0.3) is 5.56 Å². The summed E-state index contributed by atoms with van der Waals surface area (Å²) in [4.78, 5) is 29.7. The van der Waals surface area contributed by atoms with Crippen molar-refractivity contribution in [3.8, 4) is 11.8 Å². The number of carbonyl (C=O) groups is 1. The van der Waals surface area contributed by atoms with Gasteiger partial charge in [-0.2, -0.15) is 5.26 Å². The van der Waals surface area contributed by atoms with Gasteiger partial charge in [-0.3, -0.25) is 9.36 Å². The zero-order valence-electron chi connectivity index (χ0n) is 16.5. The van der Waals surface area contributed by atoms with Crippen molar-refractivity contribution < 1.29 is 13.9 Å². The number of hydrogen-bond donors (Lipinski definition) is 0. The average molecular weight is 413 g/mol. The first-order chi connectivity index (χ1) is 15.0. The molecule has 3 aromatic carbocycles. The number of nitriles is 1. The number of esters is 1. The number of rotatable bonds is 4. The Morgan fingerprint density at radius 3 is 2.61 bits per heavy atom. The Morgan fingerprint density at radius 2 is 1.87 bits per heavy atom. The summed E-state index contributed by atoms with van der Waals surface area (Å²) in [6.07, 6.45) is 0. The normalized spacial score (nSPS) is 10.6. The highest BCUT2D eigenvalue weighted by molar-refractivity contribution is 5.89. The molecular formula is C24H16FN3O3. The molecule has 0 bridgehead atoms. The summed E-state index contributed by atoms with van der Waals surface area (Å²) < 4.78 is 20.5. The summed E-state index contributed by atoms with van der Waals surface area (Å²) in [6.45, 7) is 1.44. The quantitative estimate of drug-likeness (QED) is 0.471. The molecule has 0 unspecified atom stereocenters. The van der Waals surface area contributed by atoms with E-state index in [1.165, 1.54) is 28.8 Å². The van der Waals surface area contributed by atoms with Crippen LogP contribution in [-0.2, 0) is 11.3 Å². The maximum absolute atomic E-state index is 13.8. The van der Waals surface area contributed by atoms with Crippen LogP contribution in [-0.4, -0.2) is 15.5 Å². The first-order valence-corrected chi connectivity index (χ1v) is 9.42. The lowest BCUT2D eigenvalue weighted by atomic mass is 10.1. The van der Waals surface area contributed by atoms with Crippen LogP contribution in [0.1, 0.15) is 27.3 Å². The molecule has 1 aromatic heterocycles. The molecular weight excluding hydrogens is 397 g/mol. The fourth-order valence-electron chi connectivity index (χ4n) is 3.28. The third-order valence-corrected chi connectivity index (χ3v) is 4.84. The molecule has 4 rings (SSSR count). The molecule has 0 radical (unpaired) electrons. The molecule has 0 atom stereocenters. The lowest BCUT2D eigenvalue weighted by molar-refractivity contribution is 0.0469. The SMILES string of the molecule is Cc1nc2ccccc2c(=O)n1-c1ccc(C(=O)OCc2cc(C#N)ccc2F)cc1. The van der Waals surface area contributed by atoms with Crippen molar-refractivity contribution in [3.05, 3.63) is 105 Å². The van der Waals surface area contributed by atoms with Gasteiger partial charge in [0.1, 0.15) is 18.2 Å². The Balaban J connectivity index is 1.56. The molecule has 152 valence electrons. The predicted molar refractivity (Wildman–Crippen MR) is 112 cm³/mol. The molecule has 7 heteroatoms. The van der Waals surface area contributed by atoms with Gasteiger partial charge in [-0.25, -0.2) is 14.2 Å². The van der Waals surface area contributed by atoms with E-state index in [2.05, 4.69) is 4.98 Å². The minimum atomic E-state index is -0.644. The van der Waals surface area contributed by atoms with E-state index >= 15 is 0 Å². The number of fused-ring (bicyclic) bond motifs is 1. The van der Waals surface area contributed by atoms with E-state index in [0.29, 0.717) is 22.4 Å². The van der Waals surface area contributed by atoms with Gasteiger partial charge < -0.3 is 4.74 Å². The van der Waals surface area contributed by atoms with Crippen LogP contribution in [0.4, 0.5) is 4.39 Å². The number of aromatic nitrogens is 2. The fraction of sp³-hybridized carbons (Fsp3) is 0.0833. The molecule has 0 spiro atoms. The second-order valence-corrected chi connectivity index (χ2v) is 6.86. The molecule has 0 aliphatic heterocycles. The summed E-state index contributed by atoms with van der Waals surface area (Å²) in [6, 6.07) is 19.2. The van der Waals surface area contributed by atoms with E-state index in [0.717, 1.165) is 6.07 Å². The second kappa shape index (κ2) is 8.20.